The molecule has 34 heavy (non-hydrogen) atoms. The summed E-state index contributed by atoms with van der Waals surface area (Å²) < 4.78 is 20.1. The number of thioether (sulfide) groups is 1. The highest BCUT2D eigenvalue weighted by Crippen LogP contribution is 2.29. The van der Waals surface area contributed by atoms with E-state index in [4.69, 9.17) is 16.3 Å². The maximum absolute atomic E-state index is 13.0. The third kappa shape index (κ3) is 5.81. The van der Waals surface area contributed by atoms with E-state index in [2.05, 4.69) is 20.7 Å². The third-order valence-electron chi connectivity index (χ3n) is 4.67. The summed E-state index contributed by atoms with van der Waals surface area (Å²) in [5.41, 5.74) is 4.77. The van der Waals surface area contributed by atoms with E-state index in [1.165, 1.54) is 30.1 Å². The average molecular weight is 496 g/mol. The predicted molar refractivity (Wildman–Crippen MR) is 131 cm³/mol. The Morgan fingerprint density at radius 1 is 1.09 bits per heavy atom. The zero-order valence-corrected chi connectivity index (χ0v) is 19.6. The highest BCUT2D eigenvalue weighted by Gasteiger charge is 2.17. The zero-order chi connectivity index (χ0) is 23.9. The van der Waals surface area contributed by atoms with Crippen LogP contribution >= 0.6 is 23.4 Å². The molecule has 0 aliphatic heterocycles. The standard InChI is InChI=1S/C24H19ClFN5O2S/c1-33-21-12-4-17(5-13-21)23-29-30-24(31(23)20-10-6-18(25)7-11-20)34-15-22(32)28-27-14-16-2-8-19(26)9-3-16/h2-14H,15H2,1H3,(H,28,32). The molecule has 1 aromatic heterocycles. The number of hydrogen-bond acceptors (Lipinski definition) is 6. The third-order valence-corrected chi connectivity index (χ3v) is 5.85. The van der Waals surface area contributed by atoms with Crippen LogP contribution in [0.2, 0.25) is 5.02 Å². The maximum Gasteiger partial charge on any atom is 0.250 e. The minimum atomic E-state index is -0.337. The summed E-state index contributed by atoms with van der Waals surface area (Å²) in [6.45, 7) is 0. The largest absolute Gasteiger partial charge is 0.497 e. The Bertz CT molecular complexity index is 1290. The van der Waals surface area contributed by atoms with E-state index in [9.17, 15) is 9.18 Å². The van der Waals surface area contributed by atoms with Gasteiger partial charge in [0.15, 0.2) is 11.0 Å². The van der Waals surface area contributed by atoms with Crippen LogP contribution in [0.15, 0.2) is 83.1 Å². The Morgan fingerprint density at radius 2 is 1.79 bits per heavy atom. The molecule has 0 spiro atoms. The van der Waals surface area contributed by atoms with Crippen molar-refractivity contribution in [3.05, 3.63) is 89.2 Å². The lowest BCUT2D eigenvalue weighted by molar-refractivity contribution is -0.118. The molecule has 0 atom stereocenters. The van der Waals surface area contributed by atoms with Gasteiger partial charge in [-0.1, -0.05) is 35.5 Å². The van der Waals surface area contributed by atoms with Gasteiger partial charge >= 0.3 is 0 Å². The Hall–Kier alpha value is -3.69. The van der Waals surface area contributed by atoms with E-state index in [-0.39, 0.29) is 17.5 Å². The van der Waals surface area contributed by atoms with Crippen molar-refractivity contribution in [1.82, 2.24) is 20.2 Å². The lowest BCUT2D eigenvalue weighted by Gasteiger charge is -2.11. The van der Waals surface area contributed by atoms with Crippen molar-refractivity contribution < 1.29 is 13.9 Å². The van der Waals surface area contributed by atoms with Crippen LogP contribution in [-0.4, -0.2) is 39.7 Å². The van der Waals surface area contributed by atoms with E-state index in [0.29, 0.717) is 21.6 Å². The van der Waals surface area contributed by atoms with Crippen molar-refractivity contribution in [3.63, 3.8) is 0 Å². The van der Waals surface area contributed by atoms with Gasteiger partial charge in [-0.2, -0.15) is 5.10 Å². The molecule has 4 aromatic rings. The number of benzene rings is 3. The van der Waals surface area contributed by atoms with Crippen LogP contribution in [0.4, 0.5) is 4.39 Å². The fourth-order valence-electron chi connectivity index (χ4n) is 3.00. The number of carbonyl (C=O) groups is 1. The van der Waals surface area contributed by atoms with Crippen LogP contribution in [-0.2, 0) is 4.79 Å². The van der Waals surface area contributed by atoms with Gasteiger partial charge in [0.05, 0.1) is 19.1 Å². The number of rotatable bonds is 8. The van der Waals surface area contributed by atoms with E-state index in [1.807, 2.05) is 41.0 Å². The zero-order valence-electron chi connectivity index (χ0n) is 18.0. The first-order valence-electron chi connectivity index (χ1n) is 10.1. The van der Waals surface area contributed by atoms with Crippen molar-refractivity contribution in [2.75, 3.05) is 12.9 Å². The van der Waals surface area contributed by atoms with Gasteiger partial charge in [0, 0.05) is 16.3 Å². The molecular weight excluding hydrogens is 477 g/mol. The van der Waals surface area contributed by atoms with Gasteiger partial charge in [-0.05, 0) is 66.2 Å². The van der Waals surface area contributed by atoms with Gasteiger partial charge in [0.25, 0.3) is 5.91 Å². The molecule has 0 bridgehead atoms. The summed E-state index contributed by atoms with van der Waals surface area (Å²) in [6.07, 6.45) is 1.44. The molecule has 0 aliphatic rings. The number of nitrogens with zero attached hydrogens (tertiary/aromatic N) is 4. The van der Waals surface area contributed by atoms with Crippen LogP contribution in [0.3, 0.4) is 0 Å². The number of nitrogens with one attached hydrogen (secondary N) is 1. The van der Waals surface area contributed by atoms with E-state index >= 15 is 0 Å². The van der Waals surface area contributed by atoms with Crippen molar-refractivity contribution in [1.29, 1.82) is 0 Å². The monoisotopic (exact) mass is 495 g/mol. The maximum atomic E-state index is 13.0. The first-order chi connectivity index (χ1) is 16.5. The lowest BCUT2D eigenvalue weighted by Crippen LogP contribution is -2.20. The van der Waals surface area contributed by atoms with Crippen LogP contribution in [0.1, 0.15) is 5.56 Å². The van der Waals surface area contributed by atoms with Gasteiger partial charge in [0.1, 0.15) is 11.6 Å². The van der Waals surface area contributed by atoms with Crippen molar-refractivity contribution >= 4 is 35.5 Å². The van der Waals surface area contributed by atoms with Crippen LogP contribution in [0.5, 0.6) is 5.75 Å². The van der Waals surface area contributed by atoms with Gasteiger partial charge < -0.3 is 4.74 Å². The van der Waals surface area contributed by atoms with Crippen molar-refractivity contribution in [2.24, 2.45) is 5.10 Å². The first kappa shape index (κ1) is 23.5. The van der Waals surface area contributed by atoms with E-state index < -0.39 is 0 Å². The van der Waals surface area contributed by atoms with Crippen LogP contribution in [0, 0.1) is 5.82 Å². The number of hydrogen-bond donors (Lipinski definition) is 1. The summed E-state index contributed by atoms with van der Waals surface area (Å²) in [5, 5.41) is 13.7. The van der Waals surface area contributed by atoms with Gasteiger partial charge in [-0.25, -0.2) is 9.82 Å². The molecule has 0 saturated carbocycles. The molecular formula is C24H19ClFN5O2S. The molecule has 4 rings (SSSR count). The number of aromatic nitrogens is 3. The summed E-state index contributed by atoms with van der Waals surface area (Å²) in [6, 6.07) is 20.5. The average Bonchev–Trinajstić information content (AvgIpc) is 3.28. The Kier molecular flexibility index (Phi) is 7.56. The molecule has 0 fully saturated rings. The normalized spacial score (nSPS) is 11.0. The molecule has 3 aromatic carbocycles. The molecule has 1 amide bonds. The molecule has 0 unspecified atom stereocenters. The molecule has 1 N–H and O–H groups in total. The first-order valence-corrected chi connectivity index (χ1v) is 11.5. The summed E-state index contributed by atoms with van der Waals surface area (Å²) >= 11 is 7.28. The van der Waals surface area contributed by atoms with Crippen molar-refractivity contribution in [2.45, 2.75) is 5.16 Å². The quantitative estimate of drug-likeness (QED) is 0.212. The second kappa shape index (κ2) is 11.0. The number of hydrazone groups is 1. The Balaban J connectivity index is 1.51. The molecule has 0 aliphatic carbocycles. The number of ether oxygens (including phenoxy) is 1. The fraction of sp³-hybridized carbons (Fsp3) is 0.0833. The molecule has 0 saturated heterocycles. The molecule has 1 heterocycles. The summed E-state index contributed by atoms with van der Waals surface area (Å²) in [7, 11) is 1.61. The van der Waals surface area contributed by atoms with E-state index in [0.717, 1.165) is 17.0 Å². The highest BCUT2D eigenvalue weighted by molar-refractivity contribution is 7.99. The topological polar surface area (TPSA) is 81.4 Å². The second-order valence-corrected chi connectivity index (χ2v) is 8.36. The Labute approximate surface area is 204 Å². The van der Waals surface area contributed by atoms with Crippen LogP contribution in [0.25, 0.3) is 17.1 Å². The van der Waals surface area contributed by atoms with Gasteiger partial charge in [-0.3, -0.25) is 9.36 Å². The fourth-order valence-corrected chi connectivity index (χ4v) is 3.87. The van der Waals surface area contributed by atoms with Gasteiger partial charge in [0.2, 0.25) is 0 Å². The van der Waals surface area contributed by atoms with Crippen molar-refractivity contribution in [3.8, 4) is 22.8 Å². The van der Waals surface area contributed by atoms with Gasteiger partial charge in [-0.15, -0.1) is 10.2 Å². The number of methoxy groups -OCH3 is 1. The molecule has 0 radical (unpaired) electrons. The predicted octanol–water partition coefficient (Wildman–Crippen LogP) is 4.98. The minimum absolute atomic E-state index is 0.0646. The minimum Gasteiger partial charge on any atom is -0.497 e. The molecule has 10 heteroatoms. The molecule has 7 nitrogen and oxygen atoms in total. The highest BCUT2D eigenvalue weighted by atomic mass is 35.5. The van der Waals surface area contributed by atoms with Crippen LogP contribution < -0.4 is 10.2 Å². The second-order valence-electron chi connectivity index (χ2n) is 6.98. The number of amides is 1. The Morgan fingerprint density at radius 3 is 2.47 bits per heavy atom. The smallest absolute Gasteiger partial charge is 0.250 e. The number of carbonyl (C=O) groups excluding carboxylic acids is 1. The summed E-state index contributed by atoms with van der Waals surface area (Å²) in [5.74, 6) is 0.752. The molecule has 172 valence electrons. The summed E-state index contributed by atoms with van der Waals surface area (Å²) in [4.78, 5) is 12.3. The SMILES string of the molecule is COc1ccc(-c2nnc(SCC(=O)NN=Cc3ccc(F)cc3)n2-c2ccc(Cl)cc2)cc1. The van der Waals surface area contributed by atoms with E-state index in [1.54, 1.807) is 31.4 Å². The lowest BCUT2D eigenvalue weighted by atomic mass is 10.2. The number of halogens is 2.